The summed E-state index contributed by atoms with van der Waals surface area (Å²) in [5.74, 6) is -0.791. The quantitative estimate of drug-likeness (QED) is 0.597. The summed E-state index contributed by atoms with van der Waals surface area (Å²) in [6.07, 6.45) is 0.825. The molecule has 5 nitrogen and oxygen atoms in total. The molecular formula is C22H26ClFN2O3. The molecule has 0 saturated heterocycles. The van der Waals surface area contributed by atoms with Crippen molar-refractivity contribution in [3.8, 4) is 0 Å². The van der Waals surface area contributed by atoms with Crippen molar-refractivity contribution in [2.24, 2.45) is 0 Å². The molecule has 2 aromatic carbocycles. The van der Waals surface area contributed by atoms with Crippen LogP contribution in [-0.2, 0) is 27.3 Å². The summed E-state index contributed by atoms with van der Waals surface area (Å²) in [6.45, 7) is 2.91. The lowest BCUT2D eigenvalue weighted by Crippen LogP contribution is -2.48. The lowest BCUT2D eigenvalue weighted by atomic mass is 10.1. The third kappa shape index (κ3) is 7.48. The minimum Gasteiger partial charge on any atom is -0.385 e. The van der Waals surface area contributed by atoms with Gasteiger partial charge in [-0.1, -0.05) is 35.9 Å². The molecular weight excluding hydrogens is 395 g/mol. The number of amides is 2. The maximum atomic E-state index is 13.2. The topological polar surface area (TPSA) is 58.6 Å². The number of carbonyl (C=O) groups excluding carboxylic acids is 2. The van der Waals surface area contributed by atoms with Crippen LogP contribution in [0.2, 0.25) is 5.02 Å². The molecule has 156 valence electrons. The van der Waals surface area contributed by atoms with Crippen LogP contribution in [0.4, 0.5) is 4.39 Å². The molecule has 29 heavy (non-hydrogen) atoms. The number of nitrogens with one attached hydrogen (secondary N) is 1. The monoisotopic (exact) mass is 420 g/mol. The average molecular weight is 421 g/mol. The van der Waals surface area contributed by atoms with E-state index in [4.69, 9.17) is 16.3 Å². The lowest BCUT2D eigenvalue weighted by molar-refractivity contribution is -0.140. The van der Waals surface area contributed by atoms with Crippen LogP contribution in [0.15, 0.2) is 48.5 Å². The first kappa shape index (κ1) is 22.8. The Morgan fingerprint density at radius 1 is 1.10 bits per heavy atom. The van der Waals surface area contributed by atoms with Crippen LogP contribution in [0.1, 0.15) is 24.5 Å². The maximum Gasteiger partial charge on any atom is 0.242 e. The van der Waals surface area contributed by atoms with E-state index < -0.39 is 6.04 Å². The van der Waals surface area contributed by atoms with Crippen molar-refractivity contribution < 1.29 is 18.7 Å². The second-order valence-corrected chi connectivity index (χ2v) is 7.20. The van der Waals surface area contributed by atoms with Gasteiger partial charge in [0.1, 0.15) is 11.9 Å². The van der Waals surface area contributed by atoms with Gasteiger partial charge in [-0.3, -0.25) is 9.59 Å². The maximum absolute atomic E-state index is 13.2. The minimum atomic E-state index is -0.678. The van der Waals surface area contributed by atoms with Crippen LogP contribution in [-0.4, -0.2) is 43.0 Å². The van der Waals surface area contributed by atoms with Crippen LogP contribution in [0.5, 0.6) is 0 Å². The van der Waals surface area contributed by atoms with Gasteiger partial charge >= 0.3 is 0 Å². The molecule has 2 aromatic rings. The Bertz CT molecular complexity index is 797. The normalized spacial score (nSPS) is 11.7. The molecule has 1 unspecified atom stereocenters. The predicted octanol–water partition coefficient (Wildman–Crippen LogP) is 3.59. The number of hydrogen-bond acceptors (Lipinski definition) is 3. The average Bonchev–Trinajstić information content (AvgIpc) is 2.71. The van der Waals surface area contributed by atoms with Gasteiger partial charge in [-0.2, -0.15) is 0 Å². The van der Waals surface area contributed by atoms with E-state index >= 15 is 0 Å². The van der Waals surface area contributed by atoms with Gasteiger partial charge in [-0.25, -0.2) is 4.39 Å². The highest BCUT2D eigenvalue weighted by Gasteiger charge is 2.26. The largest absolute Gasteiger partial charge is 0.385 e. The van der Waals surface area contributed by atoms with E-state index in [9.17, 15) is 14.0 Å². The van der Waals surface area contributed by atoms with Gasteiger partial charge in [-0.05, 0) is 48.7 Å². The van der Waals surface area contributed by atoms with E-state index in [1.165, 1.54) is 17.0 Å². The lowest BCUT2D eigenvalue weighted by Gasteiger charge is -2.29. The Morgan fingerprint density at radius 2 is 1.72 bits per heavy atom. The molecule has 0 saturated carbocycles. The van der Waals surface area contributed by atoms with Crippen molar-refractivity contribution in [3.63, 3.8) is 0 Å². The summed E-state index contributed by atoms with van der Waals surface area (Å²) >= 11 is 5.91. The SMILES string of the molecule is COCCCNC(=O)C(C)N(Cc1ccc(F)cc1)C(=O)Cc1ccc(Cl)cc1. The fraction of sp³-hybridized carbons (Fsp3) is 0.364. The zero-order chi connectivity index (χ0) is 21.2. The van der Waals surface area contributed by atoms with E-state index in [-0.39, 0.29) is 30.6 Å². The highest BCUT2D eigenvalue weighted by molar-refractivity contribution is 6.30. The molecule has 0 aliphatic heterocycles. The van der Waals surface area contributed by atoms with Crippen LogP contribution in [0, 0.1) is 5.82 Å². The zero-order valence-electron chi connectivity index (χ0n) is 16.7. The second kappa shape index (κ2) is 11.5. The number of ether oxygens (including phenoxy) is 1. The highest BCUT2D eigenvalue weighted by Crippen LogP contribution is 2.15. The molecule has 0 aliphatic carbocycles. The predicted molar refractivity (Wildman–Crippen MR) is 111 cm³/mol. The van der Waals surface area contributed by atoms with Crippen LogP contribution >= 0.6 is 11.6 Å². The number of rotatable bonds is 10. The third-order valence-electron chi connectivity index (χ3n) is 4.53. The van der Waals surface area contributed by atoms with Crippen LogP contribution in [0.25, 0.3) is 0 Å². The first-order valence-corrected chi connectivity index (χ1v) is 9.83. The number of benzene rings is 2. The van der Waals surface area contributed by atoms with Crippen molar-refractivity contribution >= 4 is 23.4 Å². The van der Waals surface area contributed by atoms with E-state index in [0.717, 1.165) is 11.1 Å². The Hall–Kier alpha value is -2.44. The third-order valence-corrected chi connectivity index (χ3v) is 4.78. The van der Waals surface area contributed by atoms with Gasteiger partial charge in [0.05, 0.1) is 6.42 Å². The Balaban J connectivity index is 2.12. The molecule has 0 heterocycles. The second-order valence-electron chi connectivity index (χ2n) is 6.76. The zero-order valence-corrected chi connectivity index (χ0v) is 17.4. The minimum absolute atomic E-state index is 0.139. The summed E-state index contributed by atoms with van der Waals surface area (Å²) in [5, 5.41) is 3.42. The number of halogens is 2. The van der Waals surface area contributed by atoms with Gasteiger partial charge in [0.25, 0.3) is 0 Å². The molecule has 2 amide bonds. The summed E-state index contributed by atoms with van der Waals surface area (Å²) in [4.78, 5) is 27.1. The van der Waals surface area contributed by atoms with Crippen LogP contribution in [0.3, 0.4) is 0 Å². The number of hydrogen-bond donors (Lipinski definition) is 1. The van der Waals surface area contributed by atoms with E-state index in [2.05, 4.69) is 5.32 Å². The highest BCUT2D eigenvalue weighted by atomic mass is 35.5. The van der Waals surface area contributed by atoms with E-state index in [1.54, 1.807) is 50.4 Å². The van der Waals surface area contributed by atoms with Crippen molar-refractivity contribution in [1.82, 2.24) is 10.2 Å². The molecule has 7 heteroatoms. The van der Waals surface area contributed by atoms with Crippen molar-refractivity contribution in [1.29, 1.82) is 0 Å². The Labute approximate surface area is 175 Å². The Morgan fingerprint density at radius 3 is 2.34 bits per heavy atom. The van der Waals surface area contributed by atoms with E-state index in [0.29, 0.717) is 24.6 Å². The molecule has 0 bridgehead atoms. The van der Waals surface area contributed by atoms with Crippen LogP contribution < -0.4 is 5.32 Å². The van der Waals surface area contributed by atoms with E-state index in [1.807, 2.05) is 0 Å². The first-order chi connectivity index (χ1) is 13.9. The van der Waals surface area contributed by atoms with Crippen molar-refractivity contribution in [3.05, 3.63) is 70.5 Å². The summed E-state index contributed by atoms with van der Waals surface area (Å²) in [5.41, 5.74) is 1.55. The molecule has 0 aromatic heterocycles. The van der Waals surface area contributed by atoms with Gasteiger partial charge in [0.15, 0.2) is 0 Å². The molecule has 2 rings (SSSR count). The Kier molecular flexibility index (Phi) is 9.09. The molecule has 1 N–H and O–H groups in total. The summed E-state index contributed by atoms with van der Waals surface area (Å²) < 4.78 is 18.2. The molecule has 0 spiro atoms. The standard InChI is InChI=1S/C22H26ClFN2O3/c1-16(22(28)25-12-3-13-29-2)26(15-18-6-10-20(24)11-7-18)21(27)14-17-4-8-19(23)9-5-17/h4-11,16H,3,12-15H2,1-2H3,(H,25,28). The fourth-order valence-electron chi connectivity index (χ4n) is 2.82. The summed E-state index contributed by atoms with van der Waals surface area (Å²) in [7, 11) is 1.60. The van der Waals surface area contributed by atoms with Gasteiger partial charge in [-0.15, -0.1) is 0 Å². The molecule has 0 fully saturated rings. The smallest absolute Gasteiger partial charge is 0.242 e. The first-order valence-electron chi connectivity index (χ1n) is 9.45. The molecule has 0 aliphatic rings. The van der Waals surface area contributed by atoms with Gasteiger partial charge < -0.3 is 15.0 Å². The molecule has 1 atom stereocenters. The fourth-order valence-corrected chi connectivity index (χ4v) is 2.95. The summed E-state index contributed by atoms with van der Waals surface area (Å²) in [6, 6.07) is 12.2. The number of carbonyl (C=O) groups is 2. The van der Waals surface area contributed by atoms with Gasteiger partial charge in [0, 0.05) is 31.8 Å². The van der Waals surface area contributed by atoms with Gasteiger partial charge in [0.2, 0.25) is 11.8 Å². The number of methoxy groups -OCH3 is 1. The number of nitrogens with zero attached hydrogens (tertiary/aromatic N) is 1. The van der Waals surface area contributed by atoms with Crippen molar-refractivity contribution in [2.75, 3.05) is 20.3 Å². The van der Waals surface area contributed by atoms with Crippen molar-refractivity contribution in [2.45, 2.75) is 32.4 Å². The molecule has 0 radical (unpaired) electrons.